The van der Waals surface area contributed by atoms with Crippen LogP contribution in [0.3, 0.4) is 0 Å². The Morgan fingerprint density at radius 3 is 2.40 bits per heavy atom. The molecule has 2 N–H and O–H groups in total. The van der Waals surface area contributed by atoms with Gasteiger partial charge < -0.3 is 5.73 Å². The zero-order valence-corrected chi connectivity index (χ0v) is 13.0. The van der Waals surface area contributed by atoms with Gasteiger partial charge in [0, 0.05) is 11.1 Å². The highest BCUT2D eigenvalue weighted by Gasteiger charge is 2.09. The van der Waals surface area contributed by atoms with Crippen molar-refractivity contribution in [2.45, 2.75) is 39.2 Å². The van der Waals surface area contributed by atoms with Crippen molar-refractivity contribution in [3.63, 3.8) is 0 Å². The van der Waals surface area contributed by atoms with E-state index in [1.54, 1.807) is 0 Å². The predicted octanol–water partition coefficient (Wildman–Crippen LogP) is 4.71. The summed E-state index contributed by atoms with van der Waals surface area (Å²) < 4.78 is 0. The van der Waals surface area contributed by atoms with E-state index in [0.717, 1.165) is 24.3 Å². The van der Waals surface area contributed by atoms with Crippen molar-refractivity contribution in [3.8, 4) is 0 Å². The maximum Gasteiger partial charge on any atom is 0.0408 e. The Kier molecular flexibility index (Phi) is 5.22. The van der Waals surface area contributed by atoms with Crippen LogP contribution in [0.4, 0.5) is 0 Å². The maximum atomic E-state index is 6.35. The van der Waals surface area contributed by atoms with Gasteiger partial charge in [-0.1, -0.05) is 55.8 Å². The van der Waals surface area contributed by atoms with Gasteiger partial charge in [0.1, 0.15) is 0 Å². The van der Waals surface area contributed by atoms with Gasteiger partial charge in [0.15, 0.2) is 0 Å². The van der Waals surface area contributed by atoms with Crippen molar-refractivity contribution in [1.29, 1.82) is 0 Å². The Bertz CT molecular complexity index is 577. The summed E-state index contributed by atoms with van der Waals surface area (Å²) in [5.41, 5.74) is 11.6. The second-order valence-electron chi connectivity index (χ2n) is 5.18. The molecule has 0 amide bonds. The molecule has 0 spiro atoms. The van der Waals surface area contributed by atoms with Crippen molar-refractivity contribution < 1.29 is 0 Å². The zero-order valence-electron chi connectivity index (χ0n) is 12.2. The van der Waals surface area contributed by atoms with Gasteiger partial charge in [-0.05, 0) is 53.6 Å². The number of hydrogen-bond acceptors (Lipinski definition) is 1. The molecule has 2 aromatic rings. The third kappa shape index (κ3) is 3.62. The number of benzene rings is 2. The van der Waals surface area contributed by atoms with E-state index in [-0.39, 0.29) is 6.04 Å². The molecule has 0 saturated carbocycles. The summed E-state index contributed by atoms with van der Waals surface area (Å²) in [4.78, 5) is 0. The van der Waals surface area contributed by atoms with Gasteiger partial charge in [-0.25, -0.2) is 0 Å². The van der Waals surface area contributed by atoms with Gasteiger partial charge in [-0.3, -0.25) is 0 Å². The van der Waals surface area contributed by atoms with Gasteiger partial charge in [-0.15, -0.1) is 0 Å². The highest BCUT2D eigenvalue weighted by Crippen LogP contribution is 2.22. The second kappa shape index (κ2) is 6.92. The molecule has 0 aliphatic carbocycles. The third-order valence-corrected chi connectivity index (χ3v) is 4.00. The van der Waals surface area contributed by atoms with Crippen molar-refractivity contribution in [2.24, 2.45) is 5.73 Å². The minimum atomic E-state index is 0.0182. The van der Waals surface area contributed by atoms with Gasteiger partial charge >= 0.3 is 0 Å². The van der Waals surface area contributed by atoms with Crippen molar-refractivity contribution in [3.05, 3.63) is 69.7 Å². The summed E-state index contributed by atoms with van der Waals surface area (Å²) in [5.74, 6) is 0. The fraction of sp³-hybridized carbons (Fsp3) is 0.333. The molecule has 2 heteroatoms. The number of aryl methyl sites for hydroxylation is 2. The lowest BCUT2D eigenvalue weighted by molar-refractivity contribution is 0.719. The molecule has 0 bridgehead atoms. The Hall–Kier alpha value is -1.31. The molecule has 2 aromatic carbocycles. The van der Waals surface area contributed by atoms with E-state index >= 15 is 0 Å². The molecule has 106 valence electrons. The highest BCUT2D eigenvalue weighted by atomic mass is 35.5. The van der Waals surface area contributed by atoms with Crippen molar-refractivity contribution in [1.82, 2.24) is 0 Å². The first-order valence-corrected chi connectivity index (χ1v) is 7.63. The predicted molar refractivity (Wildman–Crippen MR) is 87.3 cm³/mol. The molecule has 1 unspecified atom stereocenters. The summed E-state index contributed by atoms with van der Waals surface area (Å²) in [7, 11) is 0. The smallest absolute Gasteiger partial charge is 0.0408 e. The van der Waals surface area contributed by atoms with E-state index in [1.807, 2.05) is 18.2 Å². The summed E-state index contributed by atoms with van der Waals surface area (Å²) in [5, 5.41) is 0.769. The monoisotopic (exact) mass is 287 g/mol. The first kappa shape index (κ1) is 15.1. The average Bonchev–Trinajstić information content (AvgIpc) is 2.46. The molecule has 0 radical (unpaired) electrons. The third-order valence-electron chi connectivity index (χ3n) is 3.76. The molecule has 2 rings (SSSR count). The van der Waals surface area contributed by atoms with E-state index in [1.165, 1.54) is 22.3 Å². The number of halogens is 1. The molecule has 0 heterocycles. The van der Waals surface area contributed by atoms with Crippen molar-refractivity contribution >= 4 is 11.6 Å². The fourth-order valence-corrected chi connectivity index (χ4v) is 2.80. The van der Waals surface area contributed by atoms with E-state index < -0.39 is 0 Å². The van der Waals surface area contributed by atoms with Crippen LogP contribution in [0.1, 0.15) is 42.1 Å². The second-order valence-corrected chi connectivity index (χ2v) is 5.61. The van der Waals surface area contributed by atoms with E-state index in [2.05, 4.69) is 38.1 Å². The minimum Gasteiger partial charge on any atom is -0.324 e. The van der Waals surface area contributed by atoms with Gasteiger partial charge in [0.05, 0.1) is 0 Å². The molecular weight excluding hydrogens is 266 g/mol. The van der Waals surface area contributed by atoms with Crippen LogP contribution < -0.4 is 5.73 Å². The average molecular weight is 288 g/mol. The summed E-state index contributed by atoms with van der Waals surface area (Å²) in [6.45, 7) is 4.39. The molecule has 0 aliphatic rings. The zero-order chi connectivity index (χ0) is 14.5. The van der Waals surface area contributed by atoms with Crippen LogP contribution in [0.25, 0.3) is 0 Å². The summed E-state index contributed by atoms with van der Waals surface area (Å²) in [6.07, 6.45) is 2.95. The lowest BCUT2D eigenvalue weighted by Gasteiger charge is -2.15. The topological polar surface area (TPSA) is 26.0 Å². The van der Waals surface area contributed by atoms with Crippen LogP contribution in [-0.4, -0.2) is 0 Å². The van der Waals surface area contributed by atoms with Crippen LogP contribution in [-0.2, 0) is 19.3 Å². The molecule has 0 saturated heterocycles. The molecule has 1 atom stereocenters. The highest BCUT2D eigenvalue weighted by molar-refractivity contribution is 6.30. The Morgan fingerprint density at radius 2 is 1.75 bits per heavy atom. The van der Waals surface area contributed by atoms with Crippen LogP contribution in [0.15, 0.2) is 42.5 Å². The number of hydrogen-bond donors (Lipinski definition) is 1. The Labute approximate surface area is 126 Å². The molecule has 0 aliphatic heterocycles. The largest absolute Gasteiger partial charge is 0.324 e. The molecule has 0 aromatic heterocycles. The summed E-state index contributed by atoms with van der Waals surface area (Å²) in [6, 6.07) is 14.6. The molecule has 20 heavy (non-hydrogen) atoms. The molecular formula is C18H22ClN. The maximum absolute atomic E-state index is 6.35. The van der Waals surface area contributed by atoms with E-state index in [0.29, 0.717) is 0 Å². The molecule has 1 nitrogen and oxygen atoms in total. The first-order valence-electron chi connectivity index (χ1n) is 7.25. The quantitative estimate of drug-likeness (QED) is 0.847. The van der Waals surface area contributed by atoms with Crippen LogP contribution in [0.5, 0.6) is 0 Å². The lowest BCUT2D eigenvalue weighted by atomic mass is 9.94. The lowest BCUT2D eigenvalue weighted by Crippen LogP contribution is -2.14. The van der Waals surface area contributed by atoms with Crippen LogP contribution in [0.2, 0.25) is 5.02 Å². The Balaban J connectivity index is 2.18. The summed E-state index contributed by atoms with van der Waals surface area (Å²) >= 11 is 6.02. The van der Waals surface area contributed by atoms with E-state index in [4.69, 9.17) is 17.3 Å². The number of nitrogens with two attached hydrogens (primary N) is 1. The van der Waals surface area contributed by atoms with E-state index in [9.17, 15) is 0 Å². The normalized spacial score (nSPS) is 12.4. The number of rotatable bonds is 5. The van der Waals surface area contributed by atoms with Crippen LogP contribution in [0, 0.1) is 0 Å². The standard InChI is InChI=1S/C18H22ClN/c1-3-14-8-9-16(12-15(14)4-2)18(20)11-13-6-5-7-17(19)10-13/h5-10,12,18H,3-4,11,20H2,1-2H3. The van der Waals surface area contributed by atoms with Crippen LogP contribution >= 0.6 is 11.6 Å². The van der Waals surface area contributed by atoms with Gasteiger partial charge in [0.25, 0.3) is 0 Å². The molecule has 0 fully saturated rings. The van der Waals surface area contributed by atoms with Gasteiger partial charge in [0.2, 0.25) is 0 Å². The van der Waals surface area contributed by atoms with Crippen molar-refractivity contribution in [2.75, 3.05) is 0 Å². The minimum absolute atomic E-state index is 0.0182. The first-order chi connectivity index (χ1) is 9.63. The SMILES string of the molecule is CCc1ccc(C(N)Cc2cccc(Cl)c2)cc1CC. The van der Waals surface area contributed by atoms with Gasteiger partial charge in [-0.2, -0.15) is 0 Å². The fourth-order valence-electron chi connectivity index (χ4n) is 2.59. The Morgan fingerprint density at radius 1 is 1.00 bits per heavy atom.